The third-order valence-corrected chi connectivity index (χ3v) is 9.26. The van der Waals surface area contributed by atoms with Crippen LogP contribution >= 0.6 is 0 Å². The Morgan fingerprint density at radius 1 is 0.510 bits per heavy atom. The zero-order valence-corrected chi connectivity index (χ0v) is 26.1. The van der Waals surface area contributed by atoms with Crippen molar-refractivity contribution in [3.05, 3.63) is 157 Å². The van der Waals surface area contributed by atoms with E-state index in [9.17, 15) is 5.11 Å². The number of imidazole rings is 1. The standard InChI is InChI=1S/C41H27N7O/c49-39-31-24-30-29-20-10-12-22-33(29)46(28-18-8-3-9-19-28)35(30)25-36(31)48(41-42-32-21-11-13-23-34(32)47(39)41)40-44-37(26-14-4-1-5-15-26)43-38(45-40)27-16-6-2-7-17-27/h1-25,39,49H. The molecule has 1 atom stereocenters. The van der Waals surface area contributed by atoms with Gasteiger partial charge in [0.15, 0.2) is 17.9 Å². The van der Waals surface area contributed by atoms with Crippen LogP contribution in [0.15, 0.2) is 152 Å². The van der Waals surface area contributed by atoms with Crippen LogP contribution in [0.5, 0.6) is 0 Å². The lowest BCUT2D eigenvalue weighted by Gasteiger charge is -2.33. The monoisotopic (exact) mass is 633 g/mol. The first-order valence-corrected chi connectivity index (χ1v) is 16.2. The van der Waals surface area contributed by atoms with Crippen LogP contribution in [-0.2, 0) is 0 Å². The molecular formula is C41H27N7O. The number of hydrogen-bond acceptors (Lipinski definition) is 6. The first-order chi connectivity index (χ1) is 24.2. The number of para-hydroxylation sites is 4. The second-order valence-corrected chi connectivity index (χ2v) is 12.1. The highest BCUT2D eigenvalue weighted by molar-refractivity contribution is 6.11. The van der Waals surface area contributed by atoms with Crippen molar-refractivity contribution >= 4 is 50.4 Å². The first kappa shape index (κ1) is 27.5. The highest BCUT2D eigenvalue weighted by Crippen LogP contribution is 2.48. The maximum Gasteiger partial charge on any atom is 0.241 e. The SMILES string of the molecule is OC1c2cc3c4ccccc4n(-c4ccccc4)c3cc2N(c2nc(-c3ccccc3)nc(-c3ccccc3)n2)c2nc3ccccc3n21. The molecular weight excluding hydrogens is 606 g/mol. The molecule has 49 heavy (non-hydrogen) atoms. The fourth-order valence-corrected chi connectivity index (χ4v) is 7.05. The molecule has 8 heteroatoms. The van der Waals surface area contributed by atoms with Crippen LogP contribution in [0.4, 0.5) is 17.6 Å². The van der Waals surface area contributed by atoms with Crippen LogP contribution in [-0.4, -0.2) is 34.2 Å². The molecule has 1 aliphatic heterocycles. The van der Waals surface area contributed by atoms with Gasteiger partial charge in [-0.2, -0.15) is 9.97 Å². The Morgan fingerprint density at radius 2 is 1.10 bits per heavy atom. The lowest BCUT2D eigenvalue weighted by molar-refractivity contribution is 0.150. The van der Waals surface area contributed by atoms with Crippen molar-refractivity contribution in [1.82, 2.24) is 29.1 Å². The van der Waals surface area contributed by atoms with Crippen molar-refractivity contribution < 1.29 is 5.11 Å². The number of aliphatic hydroxyl groups is 1. The molecule has 0 spiro atoms. The minimum absolute atomic E-state index is 0.402. The molecule has 6 aromatic carbocycles. The molecule has 9 aromatic rings. The predicted molar refractivity (Wildman–Crippen MR) is 193 cm³/mol. The number of fused-ring (bicyclic) bond motifs is 7. The third-order valence-electron chi connectivity index (χ3n) is 9.26. The molecule has 232 valence electrons. The molecule has 0 radical (unpaired) electrons. The summed E-state index contributed by atoms with van der Waals surface area (Å²) in [6, 6.07) is 50.7. The van der Waals surface area contributed by atoms with E-state index in [0.717, 1.165) is 60.9 Å². The molecule has 1 unspecified atom stereocenters. The Balaban J connectivity index is 1.31. The normalized spacial score (nSPS) is 14.0. The Labute approximate surface area is 280 Å². The summed E-state index contributed by atoms with van der Waals surface area (Å²) < 4.78 is 4.14. The molecule has 0 bridgehead atoms. The van der Waals surface area contributed by atoms with Crippen molar-refractivity contribution in [2.24, 2.45) is 0 Å². The van der Waals surface area contributed by atoms with Crippen molar-refractivity contribution in [3.63, 3.8) is 0 Å². The number of hydrogen-bond donors (Lipinski definition) is 1. The quantitative estimate of drug-likeness (QED) is 0.208. The minimum Gasteiger partial charge on any atom is -0.369 e. The summed E-state index contributed by atoms with van der Waals surface area (Å²) in [5.74, 6) is 2.00. The molecule has 0 saturated carbocycles. The van der Waals surface area contributed by atoms with Gasteiger partial charge in [-0.1, -0.05) is 109 Å². The predicted octanol–water partition coefficient (Wildman–Crippen LogP) is 8.97. The van der Waals surface area contributed by atoms with Gasteiger partial charge in [-0.3, -0.25) is 4.57 Å². The summed E-state index contributed by atoms with van der Waals surface area (Å²) in [7, 11) is 0. The van der Waals surface area contributed by atoms with Crippen molar-refractivity contribution in [3.8, 4) is 28.5 Å². The van der Waals surface area contributed by atoms with Crippen molar-refractivity contribution in [1.29, 1.82) is 0 Å². The number of rotatable bonds is 4. The fraction of sp³-hybridized carbons (Fsp3) is 0.0244. The number of anilines is 3. The van der Waals surface area contributed by atoms with E-state index < -0.39 is 6.23 Å². The summed E-state index contributed by atoms with van der Waals surface area (Å²) in [4.78, 5) is 22.2. The fourth-order valence-electron chi connectivity index (χ4n) is 7.05. The zero-order valence-electron chi connectivity index (χ0n) is 26.1. The van der Waals surface area contributed by atoms with E-state index in [2.05, 4.69) is 53.1 Å². The highest BCUT2D eigenvalue weighted by Gasteiger charge is 2.36. The lowest BCUT2D eigenvalue weighted by Crippen LogP contribution is -2.28. The molecule has 0 aliphatic carbocycles. The van der Waals surface area contributed by atoms with Gasteiger partial charge in [-0.15, -0.1) is 0 Å². The Kier molecular flexibility index (Phi) is 6.00. The summed E-state index contributed by atoms with van der Waals surface area (Å²) in [6.45, 7) is 0. The highest BCUT2D eigenvalue weighted by atomic mass is 16.3. The molecule has 1 N–H and O–H groups in total. The molecule has 10 rings (SSSR count). The zero-order chi connectivity index (χ0) is 32.5. The molecule has 0 fully saturated rings. The van der Waals surface area contributed by atoms with E-state index in [4.69, 9.17) is 19.9 Å². The summed E-state index contributed by atoms with van der Waals surface area (Å²) >= 11 is 0. The first-order valence-electron chi connectivity index (χ1n) is 16.2. The number of benzene rings is 6. The van der Waals surface area contributed by atoms with Crippen molar-refractivity contribution in [2.45, 2.75) is 6.23 Å². The second-order valence-electron chi connectivity index (χ2n) is 12.1. The van der Waals surface area contributed by atoms with E-state index in [1.165, 1.54) is 0 Å². The maximum absolute atomic E-state index is 12.2. The van der Waals surface area contributed by atoms with Crippen LogP contribution in [0.1, 0.15) is 11.8 Å². The van der Waals surface area contributed by atoms with Crippen LogP contribution in [0.25, 0.3) is 61.3 Å². The van der Waals surface area contributed by atoms with Crippen LogP contribution < -0.4 is 4.90 Å². The van der Waals surface area contributed by atoms with E-state index in [0.29, 0.717) is 23.5 Å². The Hall–Kier alpha value is -6.64. The summed E-state index contributed by atoms with van der Waals surface area (Å²) in [6.07, 6.45) is -0.999. The number of aromatic nitrogens is 6. The van der Waals surface area contributed by atoms with E-state index in [-0.39, 0.29) is 0 Å². The molecule has 4 heterocycles. The van der Waals surface area contributed by atoms with Gasteiger partial charge < -0.3 is 9.67 Å². The maximum atomic E-state index is 12.2. The largest absolute Gasteiger partial charge is 0.369 e. The van der Waals surface area contributed by atoms with Gasteiger partial charge in [-0.25, -0.2) is 14.9 Å². The summed E-state index contributed by atoms with van der Waals surface area (Å²) in [5.41, 5.74) is 7.90. The molecule has 0 amide bonds. The Bertz CT molecular complexity index is 2630. The average molecular weight is 634 g/mol. The number of nitrogens with zero attached hydrogens (tertiary/aromatic N) is 7. The van der Waals surface area contributed by atoms with E-state index >= 15 is 0 Å². The van der Waals surface area contributed by atoms with Crippen LogP contribution in [0, 0.1) is 0 Å². The van der Waals surface area contributed by atoms with E-state index in [1.807, 2.05) is 113 Å². The molecule has 3 aromatic heterocycles. The molecule has 1 aliphatic rings. The van der Waals surface area contributed by atoms with Gasteiger partial charge in [0.1, 0.15) is 0 Å². The van der Waals surface area contributed by atoms with E-state index in [1.54, 1.807) is 0 Å². The van der Waals surface area contributed by atoms with Gasteiger partial charge >= 0.3 is 0 Å². The molecule has 8 nitrogen and oxygen atoms in total. The van der Waals surface area contributed by atoms with Gasteiger partial charge in [0, 0.05) is 33.2 Å². The second kappa shape index (κ2) is 10.7. The lowest BCUT2D eigenvalue weighted by atomic mass is 10.0. The molecule has 0 saturated heterocycles. The van der Waals surface area contributed by atoms with Crippen LogP contribution in [0.3, 0.4) is 0 Å². The third kappa shape index (κ3) is 4.21. The van der Waals surface area contributed by atoms with Gasteiger partial charge in [0.25, 0.3) is 0 Å². The average Bonchev–Trinajstić information content (AvgIpc) is 3.71. The summed E-state index contributed by atoms with van der Waals surface area (Å²) in [5, 5.41) is 14.4. The Morgan fingerprint density at radius 3 is 1.80 bits per heavy atom. The van der Waals surface area contributed by atoms with Gasteiger partial charge in [0.05, 0.1) is 27.8 Å². The van der Waals surface area contributed by atoms with Gasteiger partial charge in [-0.05, 0) is 42.5 Å². The number of aliphatic hydroxyl groups excluding tert-OH is 1. The smallest absolute Gasteiger partial charge is 0.241 e. The van der Waals surface area contributed by atoms with Crippen LogP contribution in [0.2, 0.25) is 0 Å². The van der Waals surface area contributed by atoms with Gasteiger partial charge in [0.2, 0.25) is 11.9 Å². The van der Waals surface area contributed by atoms with Crippen molar-refractivity contribution in [2.75, 3.05) is 4.90 Å². The topological polar surface area (TPSA) is 84.9 Å². The minimum atomic E-state index is -0.999.